The maximum atomic E-state index is 13.5. The molecule has 38 heavy (non-hydrogen) atoms. The zero-order chi connectivity index (χ0) is 26.1. The first kappa shape index (κ1) is 24.4. The second kappa shape index (κ2) is 10.4. The topological polar surface area (TPSA) is 112 Å². The second-order valence-corrected chi connectivity index (χ2v) is 10.1. The second-order valence-electron chi connectivity index (χ2n) is 10.1. The molecule has 0 spiro atoms. The fourth-order valence-corrected chi connectivity index (χ4v) is 5.85. The highest BCUT2D eigenvalue weighted by atomic mass is 16.5. The van der Waals surface area contributed by atoms with Crippen LogP contribution in [0.1, 0.15) is 56.1 Å². The molecule has 0 unspecified atom stereocenters. The number of tetrazole rings is 1. The van der Waals surface area contributed by atoms with Crippen LogP contribution in [0.5, 0.6) is 11.5 Å². The van der Waals surface area contributed by atoms with Crippen molar-refractivity contribution in [3.05, 3.63) is 70.3 Å². The Morgan fingerprint density at radius 2 is 1.82 bits per heavy atom. The molecule has 10 heteroatoms. The van der Waals surface area contributed by atoms with Crippen LogP contribution >= 0.6 is 0 Å². The predicted molar refractivity (Wildman–Crippen MR) is 145 cm³/mol. The largest absolute Gasteiger partial charge is 0.508 e. The number of aromatic amines is 1. The third-order valence-corrected chi connectivity index (χ3v) is 7.78. The molecule has 0 radical (unpaired) electrons. The van der Waals surface area contributed by atoms with Crippen molar-refractivity contribution in [2.45, 2.75) is 44.7 Å². The Hall–Kier alpha value is -3.92. The molecule has 198 valence electrons. The molecule has 10 nitrogen and oxygen atoms in total. The third-order valence-electron chi connectivity index (χ3n) is 7.78. The summed E-state index contributed by atoms with van der Waals surface area (Å²) in [6.07, 6.45) is 4.42. The van der Waals surface area contributed by atoms with Crippen molar-refractivity contribution in [2.75, 3.05) is 37.7 Å². The number of rotatable bonds is 7. The van der Waals surface area contributed by atoms with Crippen molar-refractivity contribution in [2.24, 2.45) is 0 Å². The van der Waals surface area contributed by atoms with Crippen molar-refractivity contribution < 1.29 is 9.84 Å². The molecule has 2 aromatic heterocycles. The zero-order valence-corrected chi connectivity index (χ0v) is 21.6. The molecular formula is C28H33N7O3. The number of fused-ring (bicyclic) bond motifs is 1. The minimum Gasteiger partial charge on any atom is -0.508 e. The Bertz CT molecular complexity index is 1450. The number of phenolic OH excluding ortho intramolecular Hbond substituents is 1. The smallest absolute Gasteiger partial charge is 0.253 e. The number of H-pyrrole nitrogens is 1. The van der Waals surface area contributed by atoms with Crippen LogP contribution in [-0.2, 0) is 0 Å². The summed E-state index contributed by atoms with van der Waals surface area (Å²) >= 11 is 0. The van der Waals surface area contributed by atoms with Gasteiger partial charge in [0.25, 0.3) is 5.56 Å². The molecule has 1 saturated carbocycles. The number of nitrogens with zero attached hydrogens (tertiary/aromatic N) is 6. The van der Waals surface area contributed by atoms with Crippen LogP contribution in [0.3, 0.4) is 0 Å². The number of nitrogens with one attached hydrogen (secondary N) is 1. The van der Waals surface area contributed by atoms with Gasteiger partial charge in [0.15, 0.2) is 5.82 Å². The summed E-state index contributed by atoms with van der Waals surface area (Å²) in [5.74, 6) is 1.75. The van der Waals surface area contributed by atoms with E-state index in [1.54, 1.807) is 12.1 Å². The van der Waals surface area contributed by atoms with Gasteiger partial charge in [0.1, 0.15) is 17.5 Å². The predicted octanol–water partition coefficient (Wildman–Crippen LogP) is 3.65. The molecule has 4 aromatic rings. The summed E-state index contributed by atoms with van der Waals surface area (Å²) < 4.78 is 7.68. The van der Waals surface area contributed by atoms with E-state index in [2.05, 4.69) is 30.3 Å². The van der Waals surface area contributed by atoms with Gasteiger partial charge in [0, 0.05) is 48.3 Å². The van der Waals surface area contributed by atoms with Crippen LogP contribution in [0.2, 0.25) is 0 Å². The number of anilines is 1. The van der Waals surface area contributed by atoms with E-state index in [4.69, 9.17) is 4.74 Å². The molecule has 2 aromatic carbocycles. The van der Waals surface area contributed by atoms with Gasteiger partial charge in [0.05, 0.1) is 12.6 Å². The lowest BCUT2D eigenvalue weighted by Crippen LogP contribution is -2.49. The van der Waals surface area contributed by atoms with Crippen LogP contribution in [0.25, 0.3) is 10.9 Å². The van der Waals surface area contributed by atoms with Gasteiger partial charge in [-0.1, -0.05) is 12.8 Å². The first-order valence-electron chi connectivity index (χ1n) is 13.5. The highest BCUT2D eigenvalue weighted by molar-refractivity contribution is 5.80. The standard InChI is InChI=1S/C28H33N7O3/c1-2-38-23-11-12-25-19(17-23)18-24(28(37)29-25)26(27-30-31-32-35(27)21-5-3-4-6-21)34-15-13-33(14-16-34)20-7-9-22(36)10-8-20/h7-12,17-18,21,26,36H,2-6,13-16H2,1H3,(H,29,37)/t26-/m0/s1. The van der Waals surface area contributed by atoms with E-state index in [9.17, 15) is 9.90 Å². The van der Waals surface area contributed by atoms with Crippen molar-refractivity contribution in [3.63, 3.8) is 0 Å². The molecule has 1 saturated heterocycles. The van der Waals surface area contributed by atoms with E-state index in [1.165, 1.54) is 0 Å². The lowest BCUT2D eigenvalue weighted by molar-refractivity contribution is 0.197. The van der Waals surface area contributed by atoms with Gasteiger partial charge in [-0.25, -0.2) is 4.68 Å². The van der Waals surface area contributed by atoms with Crippen molar-refractivity contribution >= 4 is 16.6 Å². The van der Waals surface area contributed by atoms with E-state index in [1.807, 2.05) is 48.0 Å². The average molecular weight is 516 g/mol. The van der Waals surface area contributed by atoms with E-state index >= 15 is 0 Å². The van der Waals surface area contributed by atoms with Crippen molar-refractivity contribution in [3.8, 4) is 11.5 Å². The molecule has 6 rings (SSSR count). The highest BCUT2D eigenvalue weighted by Gasteiger charge is 2.34. The first-order chi connectivity index (χ1) is 18.6. The van der Waals surface area contributed by atoms with E-state index in [0.29, 0.717) is 12.2 Å². The quantitative estimate of drug-likeness (QED) is 0.384. The van der Waals surface area contributed by atoms with Crippen LogP contribution < -0.4 is 15.2 Å². The molecule has 0 bridgehead atoms. The number of ether oxygens (including phenoxy) is 1. The summed E-state index contributed by atoms with van der Waals surface area (Å²) in [7, 11) is 0. The van der Waals surface area contributed by atoms with Gasteiger partial charge in [-0.3, -0.25) is 9.69 Å². The number of hydrogen-bond acceptors (Lipinski definition) is 8. The molecule has 2 aliphatic rings. The molecular weight excluding hydrogens is 482 g/mol. The van der Waals surface area contributed by atoms with Gasteiger partial charge in [-0.05, 0) is 78.7 Å². The van der Waals surface area contributed by atoms with Crippen LogP contribution in [0.15, 0.2) is 53.3 Å². The lowest BCUT2D eigenvalue weighted by atomic mass is 10.0. The SMILES string of the molecule is CCOc1ccc2[nH]c(=O)c([C@@H](c3nnnn3C3CCCC3)N3CCN(c4ccc(O)cc4)CC3)cc2c1. The van der Waals surface area contributed by atoms with Gasteiger partial charge in [-0.2, -0.15) is 0 Å². The Balaban J connectivity index is 1.38. The number of hydrogen-bond donors (Lipinski definition) is 2. The van der Waals surface area contributed by atoms with Crippen LogP contribution in [0.4, 0.5) is 5.69 Å². The minimum absolute atomic E-state index is 0.131. The molecule has 2 fully saturated rings. The van der Waals surface area contributed by atoms with Crippen LogP contribution in [0, 0.1) is 0 Å². The highest BCUT2D eigenvalue weighted by Crippen LogP contribution is 2.35. The van der Waals surface area contributed by atoms with Crippen molar-refractivity contribution in [1.82, 2.24) is 30.1 Å². The zero-order valence-electron chi connectivity index (χ0n) is 21.6. The monoisotopic (exact) mass is 515 g/mol. The molecule has 2 N–H and O–H groups in total. The number of aromatic hydroxyl groups is 1. The fraction of sp³-hybridized carbons (Fsp3) is 0.429. The summed E-state index contributed by atoms with van der Waals surface area (Å²) in [6.45, 7) is 5.57. The number of aromatic nitrogens is 5. The van der Waals surface area contributed by atoms with E-state index < -0.39 is 0 Å². The fourth-order valence-electron chi connectivity index (χ4n) is 5.85. The molecule has 1 atom stereocenters. The number of benzene rings is 2. The van der Waals surface area contributed by atoms with Gasteiger partial charge < -0.3 is 19.7 Å². The van der Waals surface area contributed by atoms with Gasteiger partial charge in [-0.15, -0.1) is 5.10 Å². The average Bonchev–Trinajstić information content (AvgIpc) is 3.63. The number of pyridine rings is 1. The summed E-state index contributed by atoms with van der Waals surface area (Å²) in [5, 5.41) is 23.6. The number of phenols is 1. The Morgan fingerprint density at radius 3 is 2.55 bits per heavy atom. The van der Waals surface area contributed by atoms with E-state index in [-0.39, 0.29) is 23.4 Å². The molecule has 1 aliphatic heterocycles. The Morgan fingerprint density at radius 1 is 1.05 bits per heavy atom. The summed E-state index contributed by atoms with van der Waals surface area (Å²) in [6, 6.07) is 14.9. The maximum absolute atomic E-state index is 13.5. The third kappa shape index (κ3) is 4.71. The summed E-state index contributed by atoms with van der Waals surface area (Å²) in [4.78, 5) is 21.3. The Labute approximate surface area is 220 Å². The van der Waals surface area contributed by atoms with Gasteiger partial charge in [0.2, 0.25) is 0 Å². The van der Waals surface area contributed by atoms with Crippen LogP contribution in [-0.4, -0.2) is 68.0 Å². The van der Waals surface area contributed by atoms with E-state index in [0.717, 1.165) is 80.0 Å². The number of piperazine rings is 1. The Kier molecular flexibility index (Phi) is 6.71. The molecule has 1 aliphatic carbocycles. The summed E-state index contributed by atoms with van der Waals surface area (Å²) in [5.41, 5.74) is 2.35. The van der Waals surface area contributed by atoms with Gasteiger partial charge >= 0.3 is 0 Å². The maximum Gasteiger partial charge on any atom is 0.253 e. The molecule has 3 heterocycles. The lowest BCUT2D eigenvalue weighted by Gasteiger charge is -2.39. The molecule has 0 amide bonds. The minimum atomic E-state index is -0.378. The van der Waals surface area contributed by atoms with Crippen molar-refractivity contribution in [1.29, 1.82) is 0 Å². The first-order valence-corrected chi connectivity index (χ1v) is 13.5. The normalized spacial score (nSPS) is 17.8.